The molecule has 1 aliphatic heterocycles. The lowest BCUT2D eigenvalue weighted by atomic mass is 9.99. The Morgan fingerprint density at radius 2 is 2.07 bits per heavy atom. The summed E-state index contributed by atoms with van der Waals surface area (Å²) in [6.07, 6.45) is 0. The van der Waals surface area contributed by atoms with Crippen molar-refractivity contribution in [3.63, 3.8) is 0 Å². The molecule has 4 heteroatoms. The molecule has 1 heterocycles. The van der Waals surface area contributed by atoms with Crippen LogP contribution in [0.1, 0.15) is 24.2 Å². The quantitative estimate of drug-likeness (QED) is 0.763. The Morgan fingerprint density at radius 1 is 1.40 bits per heavy atom. The zero-order chi connectivity index (χ0) is 11.2. The summed E-state index contributed by atoms with van der Waals surface area (Å²) in [7, 11) is 1.48. The molecule has 1 N–H and O–H groups in total. The first kappa shape index (κ1) is 9.83. The van der Waals surface area contributed by atoms with Crippen LogP contribution in [-0.4, -0.2) is 23.6 Å². The standard InChI is InChI=1S/C11H12O4/c1-11(2)10(13)7-4-6(14-3)5-8(12)9(7)15-11/h4-5,12H,1-3H3. The summed E-state index contributed by atoms with van der Waals surface area (Å²) < 4.78 is 10.4. The van der Waals surface area contributed by atoms with Gasteiger partial charge in [-0.25, -0.2) is 0 Å². The predicted octanol–water partition coefficient (Wildman–Crippen LogP) is 1.75. The maximum Gasteiger partial charge on any atom is 0.209 e. The highest BCUT2D eigenvalue weighted by Gasteiger charge is 2.41. The SMILES string of the molecule is COc1cc(O)c2c(c1)C(=O)C(C)(C)O2. The molecule has 0 radical (unpaired) electrons. The number of benzene rings is 1. The van der Waals surface area contributed by atoms with E-state index in [1.54, 1.807) is 19.9 Å². The first-order valence-corrected chi connectivity index (χ1v) is 4.60. The molecule has 0 atom stereocenters. The van der Waals surface area contributed by atoms with Crippen molar-refractivity contribution in [3.8, 4) is 17.2 Å². The molecule has 80 valence electrons. The number of hydrogen-bond donors (Lipinski definition) is 1. The highest BCUT2D eigenvalue weighted by molar-refractivity contribution is 6.08. The molecule has 15 heavy (non-hydrogen) atoms. The molecule has 0 aromatic heterocycles. The van der Waals surface area contributed by atoms with Crippen molar-refractivity contribution in [1.29, 1.82) is 0 Å². The number of rotatable bonds is 1. The molecule has 0 saturated heterocycles. The number of aromatic hydroxyl groups is 1. The highest BCUT2D eigenvalue weighted by atomic mass is 16.5. The minimum atomic E-state index is -0.911. The molecule has 0 bridgehead atoms. The van der Waals surface area contributed by atoms with Gasteiger partial charge in [-0.2, -0.15) is 0 Å². The molecule has 0 spiro atoms. The third-order valence-electron chi connectivity index (χ3n) is 2.43. The van der Waals surface area contributed by atoms with Gasteiger partial charge in [0.15, 0.2) is 17.1 Å². The second kappa shape index (κ2) is 2.89. The molecule has 0 aliphatic carbocycles. The van der Waals surface area contributed by atoms with Crippen LogP contribution in [0.5, 0.6) is 17.2 Å². The predicted molar refractivity (Wildman–Crippen MR) is 53.7 cm³/mol. The average Bonchev–Trinajstić information content (AvgIpc) is 2.40. The number of carbonyl (C=O) groups is 1. The van der Waals surface area contributed by atoms with Crippen molar-refractivity contribution >= 4 is 5.78 Å². The highest BCUT2D eigenvalue weighted by Crippen LogP contribution is 2.43. The van der Waals surface area contributed by atoms with Gasteiger partial charge in [0.05, 0.1) is 12.7 Å². The normalized spacial score (nSPS) is 17.1. The van der Waals surface area contributed by atoms with E-state index in [1.807, 2.05) is 0 Å². The number of ether oxygens (including phenoxy) is 2. The first-order chi connectivity index (χ1) is 6.95. The van der Waals surface area contributed by atoms with Crippen molar-refractivity contribution in [2.45, 2.75) is 19.4 Å². The molecule has 0 unspecified atom stereocenters. The Kier molecular flexibility index (Phi) is 1.89. The third kappa shape index (κ3) is 1.33. The van der Waals surface area contributed by atoms with E-state index in [0.717, 1.165) is 0 Å². The second-order valence-corrected chi connectivity index (χ2v) is 3.96. The summed E-state index contributed by atoms with van der Waals surface area (Å²) in [4.78, 5) is 11.8. The monoisotopic (exact) mass is 208 g/mol. The Morgan fingerprint density at radius 3 is 2.67 bits per heavy atom. The van der Waals surface area contributed by atoms with Crippen molar-refractivity contribution in [2.75, 3.05) is 7.11 Å². The minimum Gasteiger partial charge on any atom is -0.504 e. The van der Waals surface area contributed by atoms with Crippen LogP contribution in [0.15, 0.2) is 12.1 Å². The Bertz CT molecular complexity index is 434. The fraction of sp³-hybridized carbons (Fsp3) is 0.364. The second-order valence-electron chi connectivity index (χ2n) is 3.96. The summed E-state index contributed by atoms with van der Waals surface area (Å²) in [5, 5.41) is 9.64. The fourth-order valence-corrected chi connectivity index (χ4v) is 1.61. The van der Waals surface area contributed by atoms with E-state index >= 15 is 0 Å². The van der Waals surface area contributed by atoms with Crippen molar-refractivity contribution in [2.24, 2.45) is 0 Å². The van der Waals surface area contributed by atoms with E-state index < -0.39 is 5.60 Å². The number of phenolic OH excluding ortho intramolecular Hbond substituents is 1. The van der Waals surface area contributed by atoms with Gasteiger partial charge in [0.1, 0.15) is 5.75 Å². The summed E-state index contributed by atoms with van der Waals surface area (Å²) in [6, 6.07) is 3.00. The van der Waals surface area contributed by atoms with Crippen LogP contribution in [0.4, 0.5) is 0 Å². The van der Waals surface area contributed by atoms with E-state index in [4.69, 9.17) is 9.47 Å². The van der Waals surface area contributed by atoms with E-state index in [9.17, 15) is 9.90 Å². The van der Waals surface area contributed by atoms with Crippen molar-refractivity contribution < 1.29 is 19.4 Å². The summed E-state index contributed by atoms with van der Waals surface area (Å²) in [6.45, 7) is 3.34. The lowest BCUT2D eigenvalue weighted by molar-refractivity contribution is 0.0679. The van der Waals surface area contributed by atoms with E-state index in [2.05, 4.69) is 0 Å². The minimum absolute atomic E-state index is 0.0664. The Hall–Kier alpha value is -1.71. The summed E-state index contributed by atoms with van der Waals surface area (Å²) in [5.41, 5.74) is -0.538. The molecule has 2 rings (SSSR count). The molecule has 0 amide bonds. The van der Waals surface area contributed by atoms with Crippen LogP contribution >= 0.6 is 0 Å². The van der Waals surface area contributed by atoms with Crippen LogP contribution in [0.3, 0.4) is 0 Å². The number of Topliss-reactive ketones (excluding diaryl/α,β-unsaturated/α-hetero) is 1. The van der Waals surface area contributed by atoms with Crippen molar-refractivity contribution in [3.05, 3.63) is 17.7 Å². The summed E-state index contributed by atoms with van der Waals surface area (Å²) >= 11 is 0. The van der Waals surface area contributed by atoms with Gasteiger partial charge in [0.25, 0.3) is 0 Å². The number of hydrogen-bond acceptors (Lipinski definition) is 4. The number of carbonyl (C=O) groups excluding carboxylic acids is 1. The van der Waals surface area contributed by atoms with Gasteiger partial charge in [-0.15, -0.1) is 0 Å². The van der Waals surface area contributed by atoms with Gasteiger partial charge >= 0.3 is 0 Å². The van der Waals surface area contributed by atoms with E-state index in [1.165, 1.54) is 13.2 Å². The van der Waals surface area contributed by atoms with Gasteiger partial charge in [-0.1, -0.05) is 0 Å². The zero-order valence-electron chi connectivity index (χ0n) is 8.83. The number of phenols is 1. The van der Waals surface area contributed by atoms with Crippen LogP contribution in [0, 0.1) is 0 Å². The lowest BCUT2D eigenvalue weighted by Gasteiger charge is -2.15. The third-order valence-corrected chi connectivity index (χ3v) is 2.43. The molecule has 1 aromatic rings. The Labute approximate surface area is 87.4 Å². The van der Waals surface area contributed by atoms with Gasteiger partial charge < -0.3 is 14.6 Å². The molecule has 1 aromatic carbocycles. The van der Waals surface area contributed by atoms with E-state index in [0.29, 0.717) is 11.3 Å². The van der Waals surface area contributed by atoms with Gasteiger partial charge in [0, 0.05) is 6.07 Å². The molecule has 0 saturated carbocycles. The summed E-state index contributed by atoms with van der Waals surface area (Å²) in [5.74, 6) is 0.474. The average molecular weight is 208 g/mol. The molecule has 4 nitrogen and oxygen atoms in total. The van der Waals surface area contributed by atoms with E-state index in [-0.39, 0.29) is 17.3 Å². The topological polar surface area (TPSA) is 55.8 Å². The van der Waals surface area contributed by atoms with Crippen LogP contribution in [0.2, 0.25) is 0 Å². The smallest absolute Gasteiger partial charge is 0.209 e. The van der Waals surface area contributed by atoms with Crippen LogP contribution in [-0.2, 0) is 0 Å². The zero-order valence-corrected chi connectivity index (χ0v) is 8.83. The molecule has 1 aliphatic rings. The first-order valence-electron chi connectivity index (χ1n) is 4.60. The van der Waals surface area contributed by atoms with Gasteiger partial charge in [-0.05, 0) is 19.9 Å². The molecular weight excluding hydrogens is 196 g/mol. The van der Waals surface area contributed by atoms with Crippen LogP contribution in [0.25, 0.3) is 0 Å². The van der Waals surface area contributed by atoms with Gasteiger partial charge in [0.2, 0.25) is 5.78 Å². The lowest BCUT2D eigenvalue weighted by Crippen LogP contribution is -2.31. The fourth-order valence-electron chi connectivity index (χ4n) is 1.61. The maximum atomic E-state index is 11.8. The van der Waals surface area contributed by atoms with Gasteiger partial charge in [-0.3, -0.25) is 4.79 Å². The van der Waals surface area contributed by atoms with Crippen LogP contribution < -0.4 is 9.47 Å². The largest absolute Gasteiger partial charge is 0.504 e. The number of fused-ring (bicyclic) bond motifs is 1. The maximum absolute atomic E-state index is 11.8. The Balaban J connectivity index is 2.60. The number of ketones is 1. The molecule has 0 fully saturated rings. The number of methoxy groups -OCH3 is 1. The van der Waals surface area contributed by atoms with Crippen molar-refractivity contribution in [1.82, 2.24) is 0 Å². The molecular formula is C11H12O4.